The first-order valence-electron chi connectivity index (χ1n) is 5.70. The smallest absolute Gasteiger partial charge is 0.234 e. The van der Waals surface area contributed by atoms with Crippen molar-refractivity contribution in [2.75, 3.05) is 0 Å². The maximum absolute atomic E-state index is 12.2. The summed E-state index contributed by atoms with van der Waals surface area (Å²) in [4.78, 5) is 16.0. The fraction of sp³-hybridized carbons (Fsp3) is 0.600. The van der Waals surface area contributed by atoms with Crippen LogP contribution in [0.3, 0.4) is 0 Å². The Morgan fingerprint density at radius 2 is 2.33 bits per heavy atom. The van der Waals surface area contributed by atoms with Gasteiger partial charge in [-0.2, -0.15) is 4.98 Å². The molecule has 4 N–H and O–H groups in total. The summed E-state index contributed by atoms with van der Waals surface area (Å²) in [6, 6.07) is 0. The number of hydrogen-bond acceptors (Lipinski definition) is 6. The third-order valence-corrected chi connectivity index (χ3v) is 3.30. The number of amidine groups is 1. The van der Waals surface area contributed by atoms with E-state index in [4.69, 9.17) is 10.9 Å². The van der Waals surface area contributed by atoms with E-state index in [0.29, 0.717) is 18.7 Å². The van der Waals surface area contributed by atoms with Gasteiger partial charge in [-0.1, -0.05) is 23.2 Å². The van der Waals surface area contributed by atoms with Crippen LogP contribution in [-0.4, -0.2) is 27.1 Å². The number of amides is 1. The molecule has 0 aromatic carbocycles. The molecule has 0 aliphatic heterocycles. The van der Waals surface area contributed by atoms with E-state index in [1.54, 1.807) is 0 Å². The molecule has 1 aliphatic rings. The number of hydrogen-bond donors (Lipinski definition) is 3. The summed E-state index contributed by atoms with van der Waals surface area (Å²) in [7, 11) is 0. The van der Waals surface area contributed by atoms with E-state index in [9.17, 15) is 4.79 Å². The fourth-order valence-corrected chi connectivity index (χ4v) is 2.27. The van der Waals surface area contributed by atoms with Gasteiger partial charge in [0.1, 0.15) is 5.41 Å². The zero-order chi connectivity index (χ0) is 13.0. The molecule has 18 heavy (non-hydrogen) atoms. The minimum absolute atomic E-state index is 0.0365. The van der Waals surface area contributed by atoms with Gasteiger partial charge in [-0.15, -0.1) is 0 Å². The molecule has 0 saturated heterocycles. The summed E-state index contributed by atoms with van der Waals surface area (Å²) >= 11 is 0. The number of nitrogens with one attached hydrogen (secondary N) is 1. The monoisotopic (exact) mass is 253 g/mol. The zero-order valence-electron chi connectivity index (χ0n) is 9.80. The molecule has 1 aromatic heterocycles. The van der Waals surface area contributed by atoms with E-state index in [1.165, 1.54) is 6.39 Å². The molecule has 0 atom stereocenters. The molecule has 8 nitrogen and oxygen atoms in total. The molecule has 1 saturated carbocycles. The third kappa shape index (κ3) is 2.13. The number of nitrogens with zero attached hydrogens (tertiary/aromatic N) is 3. The fourth-order valence-electron chi connectivity index (χ4n) is 2.27. The highest BCUT2D eigenvalue weighted by molar-refractivity contribution is 6.06. The predicted molar refractivity (Wildman–Crippen MR) is 60.5 cm³/mol. The van der Waals surface area contributed by atoms with Gasteiger partial charge in [-0.25, -0.2) is 0 Å². The van der Waals surface area contributed by atoms with Crippen LogP contribution >= 0.6 is 0 Å². The Morgan fingerprint density at radius 1 is 1.61 bits per heavy atom. The molecule has 98 valence electrons. The highest BCUT2D eigenvalue weighted by atomic mass is 16.5. The topological polar surface area (TPSA) is 127 Å². The normalized spacial score (nSPS) is 18.8. The van der Waals surface area contributed by atoms with E-state index in [-0.39, 0.29) is 18.3 Å². The van der Waals surface area contributed by atoms with Gasteiger partial charge in [0.2, 0.25) is 12.3 Å². The number of oxime groups is 1. The van der Waals surface area contributed by atoms with Crippen molar-refractivity contribution in [2.24, 2.45) is 16.3 Å². The van der Waals surface area contributed by atoms with Crippen LogP contribution in [0, 0.1) is 5.41 Å². The SMILES string of the molecule is NC(=NO)C1(C(=O)NCc2ncon2)CCCC1. The van der Waals surface area contributed by atoms with Gasteiger partial charge < -0.3 is 20.8 Å². The van der Waals surface area contributed by atoms with Crippen LogP contribution < -0.4 is 11.1 Å². The molecular weight excluding hydrogens is 238 g/mol. The Morgan fingerprint density at radius 3 is 2.89 bits per heavy atom. The van der Waals surface area contributed by atoms with Gasteiger partial charge >= 0.3 is 0 Å². The van der Waals surface area contributed by atoms with Crippen LogP contribution in [0.4, 0.5) is 0 Å². The summed E-state index contributed by atoms with van der Waals surface area (Å²) < 4.78 is 4.57. The second kappa shape index (κ2) is 5.03. The third-order valence-electron chi connectivity index (χ3n) is 3.30. The minimum Gasteiger partial charge on any atom is -0.409 e. The van der Waals surface area contributed by atoms with Gasteiger partial charge in [0, 0.05) is 0 Å². The standard InChI is InChI=1S/C10H15N5O3/c11-8(14-17)10(3-1-2-4-10)9(16)12-5-7-13-6-18-15-7/h6,17H,1-5H2,(H2,11,14)(H,12,16). The van der Waals surface area contributed by atoms with Crippen molar-refractivity contribution in [1.29, 1.82) is 0 Å². The second-order valence-electron chi connectivity index (χ2n) is 4.30. The van der Waals surface area contributed by atoms with E-state index < -0.39 is 5.41 Å². The van der Waals surface area contributed by atoms with Gasteiger partial charge in [0.05, 0.1) is 6.54 Å². The Balaban J connectivity index is 2.05. The van der Waals surface area contributed by atoms with Crippen LogP contribution in [0.2, 0.25) is 0 Å². The summed E-state index contributed by atoms with van der Waals surface area (Å²) in [5.74, 6) is 0.0849. The average molecular weight is 253 g/mol. The van der Waals surface area contributed by atoms with Crippen molar-refractivity contribution < 1.29 is 14.5 Å². The Bertz CT molecular complexity index is 436. The van der Waals surface area contributed by atoms with E-state index >= 15 is 0 Å². The Hall–Kier alpha value is -2.12. The number of nitrogens with two attached hydrogens (primary N) is 1. The number of carbonyl (C=O) groups excluding carboxylic acids is 1. The molecule has 8 heteroatoms. The van der Waals surface area contributed by atoms with Crippen molar-refractivity contribution in [2.45, 2.75) is 32.2 Å². The quantitative estimate of drug-likeness (QED) is 0.300. The molecule has 0 bridgehead atoms. The largest absolute Gasteiger partial charge is 0.409 e. The first-order chi connectivity index (χ1) is 8.69. The van der Waals surface area contributed by atoms with Crippen molar-refractivity contribution in [3.63, 3.8) is 0 Å². The maximum Gasteiger partial charge on any atom is 0.234 e. The highest BCUT2D eigenvalue weighted by Crippen LogP contribution is 2.38. The first kappa shape index (κ1) is 12.3. The van der Waals surface area contributed by atoms with E-state index in [2.05, 4.69) is 25.1 Å². The molecule has 1 aromatic rings. The minimum atomic E-state index is -0.904. The van der Waals surface area contributed by atoms with Crippen LogP contribution in [-0.2, 0) is 11.3 Å². The van der Waals surface area contributed by atoms with E-state index in [1.807, 2.05) is 0 Å². The number of rotatable bonds is 4. The molecule has 1 heterocycles. The zero-order valence-corrected chi connectivity index (χ0v) is 9.80. The number of carbonyl (C=O) groups is 1. The van der Waals surface area contributed by atoms with Crippen LogP contribution in [0.25, 0.3) is 0 Å². The van der Waals surface area contributed by atoms with Crippen molar-refractivity contribution in [1.82, 2.24) is 15.5 Å². The predicted octanol–water partition coefficient (Wildman–Crippen LogP) is -0.00740. The highest BCUT2D eigenvalue weighted by Gasteiger charge is 2.45. The van der Waals surface area contributed by atoms with Gasteiger partial charge in [-0.3, -0.25) is 4.79 Å². The summed E-state index contributed by atoms with van der Waals surface area (Å²) in [5, 5.41) is 18.1. The van der Waals surface area contributed by atoms with Crippen LogP contribution in [0.5, 0.6) is 0 Å². The van der Waals surface area contributed by atoms with Gasteiger partial charge in [0.25, 0.3) is 0 Å². The van der Waals surface area contributed by atoms with Crippen molar-refractivity contribution >= 4 is 11.7 Å². The lowest BCUT2D eigenvalue weighted by Crippen LogP contribution is -2.48. The molecule has 0 spiro atoms. The molecule has 1 fully saturated rings. The lowest BCUT2D eigenvalue weighted by molar-refractivity contribution is -0.127. The lowest BCUT2D eigenvalue weighted by atomic mass is 9.84. The lowest BCUT2D eigenvalue weighted by Gasteiger charge is -2.25. The molecular formula is C10H15N5O3. The Labute approximate surface area is 103 Å². The number of aromatic nitrogens is 2. The molecule has 1 aliphatic carbocycles. The van der Waals surface area contributed by atoms with Crippen molar-refractivity contribution in [3.05, 3.63) is 12.2 Å². The summed E-state index contributed by atoms with van der Waals surface area (Å²) in [6.07, 6.45) is 4.12. The van der Waals surface area contributed by atoms with Crippen LogP contribution in [0.1, 0.15) is 31.5 Å². The molecule has 0 unspecified atom stereocenters. The van der Waals surface area contributed by atoms with Crippen molar-refractivity contribution in [3.8, 4) is 0 Å². The molecule has 2 rings (SSSR count). The Kier molecular flexibility index (Phi) is 3.45. The second-order valence-corrected chi connectivity index (χ2v) is 4.30. The van der Waals surface area contributed by atoms with Gasteiger partial charge in [-0.05, 0) is 12.8 Å². The molecule has 1 amide bonds. The summed E-state index contributed by atoms with van der Waals surface area (Å²) in [6.45, 7) is 0.162. The first-order valence-corrected chi connectivity index (χ1v) is 5.70. The summed E-state index contributed by atoms with van der Waals surface area (Å²) in [5.41, 5.74) is 4.75. The average Bonchev–Trinajstić information content (AvgIpc) is 3.06. The molecule has 0 radical (unpaired) electrons. The van der Waals surface area contributed by atoms with Crippen LogP contribution in [0.15, 0.2) is 16.1 Å². The maximum atomic E-state index is 12.2. The van der Waals surface area contributed by atoms with E-state index in [0.717, 1.165) is 12.8 Å². The van der Waals surface area contributed by atoms with Gasteiger partial charge in [0.15, 0.2) is 11.7 Å².